The molecule has 0 spiro atoms. The molecule has 1 aliphatic rings. The van der Waals surface area contributed by atoms with Crippen molar-refractivity contribution in [3.8, 4) is 11.5 Å². The predicted molar refractivity (Wildman–Crippen MR) is 154 cm³/mol. The summed E-state index contributed by atoms with van der Waals surface area (Å²) in [6, 6.07) is 16.1. The zero-order valence-electron chi connectivity index (χ0n) is 23.0. The average Bonchev–Trinajstić information content (AvgIpc) is 3.13. The van der Waals surface area contributed by atoms with Gasteiger partial charge in [0.1, 0.15) is 11.6 Å². The van der Waals surface area contributed by atoms with E-state index in [0.717, 1.165) is 17.0 Å². The highest BCUT2D eigenvalue weighted by Crippen LogP contribution is 2.27. The quantitative estimate of drug-likeness (QED) is 0.295. The number of imide groups is 1. The molecule has 1 fully saturated rings. The van der Waals surface area contributed by atoms with Crippen molar-refractivity contribution in [3.05, 3.63) is 94.3 Å². The maximum absolute atomic E-state index is 14.4. The lowest BCUT2D eigenvalue weighted by atomic mass is 9.97. The number of nitrogens with one attached hydrogen (secondary N) is 2. The lowest BCUT2D eigenvalue weighted by Gasteiger charge is -2.26. The topological polar surface area (TPSA) is 130 Å². The Morgan fingerprint density at radius 3 is 2.62 bits per heavy atom. The summed E-state index contributed by atoms with van der Waals surface area (Å²) in [5, 5.41) is 19.7. The van der Waals surface area contributed by atoms with Gasteiger partial charge in [0, 0.05) is 11.6 Å². The van der Waals surface area contributed by atoms with Crippen LogP contribution in [0.5, 0.6) is 11.5 Å². The monoisotopic (exact) mass is 596 g/mol. The fourth-order valence-corrected chi connectivity index (χ4v) is 4.75. The van der Waals surface area contributed by atoms with Gasteiger partial charge in [-0.2, -0.15) is 0 Å². The molecule has 42 heavy (non-hydrogen) atoms. The third-order valence-electron chi connectivity index (χ3n) is 6.77. The molecular formula is C30H30ClFN4O6. The molecule has 0 bridgehead atoms. The molecule has 2 atom stereocenters. The van der Waals surface area contributed by atoms with E-state index in [0.29, 0.717) is 34.1 Å². The number of rotatable bonds is 9. The number of carboxylic acid groups (broad SMARTS) is 1. The molecule has 1 saturated heterocycles. The molecule has 3 aromatic carbocycles. The van der Waals surface area contributed by atoms with Crippen molar-refractivity contribution >= 4 is 35.3 Å². The fourth-order valence-electron chi connectivity index (χ4n) is 4.56. The minimum absolute atomic E-state index is 0.147. The van der Waals surface area contributed by atoms with Crippen LogP contribution in [0.3, 0.4) is 0 Å². The SMILES string of the molecule is CC[C@@H](NC(=O)N1C/C(=N/Oc2ccccc2)NC[C@@H](Cc2cc(Cl)ccc2OC)C1=O)c1ccc(C(=O)O)c(F)c1. The summed E-state index contributed by atoms with van der Waals surface area (Å²) in [6.07, 6.45) is 0.560. The Balaban J connectivity index is 1.61. The first-order valence-electron chi connectivity index (χ1n) is 13.2. The summed E-state index contributed by atoms with van der Waals surface area (Å²) in [6.45, 7) is 1.70. The molecule has 1 aliphatic heterocycles. The molecule has 0 radical (unpaired) electrons. The minimum Gasteiger partial charge on any atom is -0.496 e. The number of carbonyl (C=O) groups excluding carboxylic acids is 2. The number of oxime groups is 1. The molecule has 3 N–H and O–H groups in total. The number of hydrogen-bond acceptors (Lipinski definition) is 6. The average molecular weight is 597 g/mol. The highest BCUT2D eigenvalue weighted by atomic mass is 35.5. The van der Waals surface area contributed by atoms with Gasteiger partial charge in [0.25, 0.3) is 0 Å². The van der Waals surface area contributed by atoms with Crippen molar-refractivity contribution in [2.24, 2.45) is 11.1 Å². The largest absolute Gasteiger partial charge is 0.496 e. The Labute approximate surface area is 247 Å². The maximum atomic E-state index is 14.4. The third-order valence-corrected chi connectivity index (χ3v) is 7.00. The molecular weight excluding hydrogens is 567 g/mol. The van der Waals surface area contributed by atoms with Crippen molar-refractivity contribution in [1.29, 1.82) is 0 Å². The van der Waals surface area contributed by atoms with Crippen LogP contribution in [0.2, 0.25) is 5.02 Å². The van der Waals surface area contributed by atoms with E-state index in [4.69, 9.17) is 26.3 Å². The van der Waals surface area contributed by atoms with E-state index < -0.39 is 41.2 Å². The minimum atomic E-state index is -1.40. The van der Waals surface area contributed by atoms with Crippen LogP contribution in [0, 0.1) is 11.7 Å². The lowest BCUT2D eigenvalue weighted by Crippen LogP contribution is -2.48. The van der Waals surface area contributed by atoms with Gasteiger partial charge in [-0.05, 0) is 66.4 Å². The van der Waals surface area contributed by atoms with E-state index in [1.54, 1.807) is 49.4 Å². The van der Waals surface area contributed by atoms with Crippen LogP contribution in [-0.4, -0.2) is 53.9 Å². The summed E-state index contributed by atoms with van der Waals surface area (Å²) >= 11 is 6.21. The molecule has 12 heteroatoms. The Hall–Kier alpha value is -4.64. The van der Waals surface area contributed by atoms with Crippen molar-refractivity contribution in [2.45, 2.75) is 25.8 Å². The summed E-state index contributed by atoms with van der Waals surface area (Å²) in [5.74, 6) is -2.25. The van der Waals surface area contributed by atoms with Crippen LogP contribution in [0.4, 0.5) is 9.18 Å². The number of methoxy groups -OCH3 is 1. The zero-order chi connectivity index (χ0) is 30.2. The molecule has 220 valence electrons. The summed E-state index contributed by atoms with van der Waals surface area (Å²) in [7, 11) is 1.52. The van der Waals surface area contributed by atoms with Crippen LogP contribution in [-0.2, 0) is 11.2 Å². The number of ether oxygens (including phenoxy) is 1. The van der Waals surface area contributed by atoms with Crippen molar-refractivity contribution in [1.82, 2.24) is 15.5 Å². The van der Waals surface area contributed by atoms with Gasteiger partial charge in [-0.15, -0.1) is 0 Å². The first-order chi connectivity index (χ1) is 20.2. The number of benzene rings is 3. The molecule has 10 nitrogen and oxygen atoms in total. The van der Waals surface area contributed by atoms with Crippen LogP contribution in [0.1, 0.15) is 40.9 Å². The number of hydrogen-bond donors (Lipinski definition) is 3. The number of para-hydroxylation sites is 1. The molecule has 3 amide bonds. The number of aromatic carboxylic acids is 1. The van der Waals surface area contributed by atoms with Gasteiger partial charge in [0.15, 0.2) is 11.6 Å². The highest BCUT2D eigenvalue weighted by Gasteiger charge is 2.35. The standard InChI is InChI=1S/C30H30ClFN4O6/c1-3-25(18-9-11-23(29(38)39)24(32)15-18)34-30(40)36-17-27(35-42-22-7-5-4-6-8-22)33-16-20(28(36)37)13-19-14-21(31)10-12-26(19)41-2/h4-12,14-15,20,25H,3,13,16-17H2,1-2H3,(H,33,35)(H,34,40)(H,38,39)/t20-,25-/m1/s1. The number of carboxylic acids is 1. The Kier molecular flexibility index (Phi) is 9.98. The molecule has 1 heterocycles. The number of halogens is 2. The predicted octanol–water partition coefficient (Wildman–Crippen LogP) is 5.03. The second-order valence-corrected chi connectivity index (χ2v) is 10.00. The first kappa shape index (κ1) is 30.3. The lowest BCUT2D eigenvalue weighted by molar-refractivity contribution is -0.131. The van der Waals surface area contributed by atoms with E-state index in [2.05, 4.69) is 15.8 Å². The van der Waals surface area contributed by atoms with E-state index in [1.165, 1.54) is 13.2 Å². The number of nitrogens with zero attached hydrogens (tertiary/aromatic N) is 2. The Morgan fingerprint density at radius 1 is 1.19 bits per heavy atom. The number of amides is 3. The second-order valence-electron chi connectivity index (χ2n) is 9.56. The fraction of sp³-hybridized carbons (Fsp3) is 0.267. The van der Waals surface area contributed by atoms with E-state index in [9.17, 15) is 18.8 Å². The summed E-state index contributed by atoms with van der Waals surface area (Å²) in [4.78, 5) is 45.2. The summed E-state index contributed by atoms with van der Waals surface area (Å²) in [5.41, 5.74) is 0.564. The first-order valence-corrected chi connectivity index (χ1v) is 13.6. The van der Waals surface area contributed by atoms with Crippen molar-refractivity contribution < 1.29 is 33.5 Å². The van der Waals surface area contributed by atoms with Gasteiger partial charge >= 0.3 is 12.0 Å². The van der Waals surface area contributed by atoms with Gasteiger partial charge in [-0.3, -0.25) is 9.69 Å². The van der Waals surface area contributed by atoms with E-state index >= 15 is 0 Å². The van der Waals surface area contributed by atoms with Gasteiger partial charge < -0.3 is 25.3 Å². The van der Waals surface area contributed by atoms with Crippen LogP contribution in [0.25, 0.3) is 0 Å². The molecule has 0 unspecified atom stereocenters. The molecule has 0 saturated carbocycles. The molecule has 0 aromatic heterocycles. The van der Waals surface area contributed by atoms with Gasteiger partial charge in [-0.1, -0.05) is 47.9 Å². The number of carbonyl (C=O) groups is 3. The van der Waals surface area contributed by atoms with Crippen LogP contribution in [0.15, 0.2) is 71.9 Å². The second kappa shape index (κ2) is 13.8. The van der Waals surface area contributed by atoms with E-state index in [-0.39, 0.29) is 25.3 Å². The third kappa shape index (κ3) is 7.35. The molecule has 4 rings (SSSR count). The van der Waals surface area contributed by atoms with Crippen molar-refractivity contribution in [2.75, 3.05) is 20.2 Å². The van der Waals surface area contributed by atoms with Crippen molar-refractivity contribution in [3.63, 3.8) is 0 Å². The Bertz CT molecular complexity index is 1490. The smallest absolute Gasteiger partial charge is 0.338 e. The Morgan fingerprint density at radius 2 is 1.95 bits per heavy atom. The number of amidine groups is 1. The van der Waals surface area contributed by atoms with E-state index in [1.807, 2.05) is 6.07 Å². The van der Waals surface area contributed by atoms with Crippen LogP contribution < -0.4 is 20.2 Å². The molecule has 3 aromatic rings. The molecule has 0 aliphatic carbocycles. The van der Waals surface area contributed by atoms with Gasteiger partial charge in [-0.25, -0.2) is 14.0 Å². The number of urea groups is 1. The van der Waals surface area contributed by atoms with Crippen LogP contribution >= 0.6 is 11.6 Å². The maximum Gasteiger partial charge on any atom is 0.338 e. The van der Waals surface area contributed by atoms with Gasteiger partial charge in [0.2, 0.25) is 5.91 Å². The zero-order valence-corrected chi connectivity index (χ0v) is 23.7. The van der Waals surface area contributed by atoms with Gasteiger partial charge in [0.05, 0.1) is 31.2 Å². The normalized spacial score (nSPS) is 16.8. The summed E-state index contributed by atoms with van der Waals surface area (Å²) < 4.78 is 19.9. The highest BCUT2D eigenvalue weighted by molar-refractivity contribution is 6.30.